The molecule has 6 aromatic rings. The maximum atomic E-state index is 12.1. The number of benzene rings is 6. The van der Waals surface area contributed by atoms with E-state index in [-0.39, 0.29) is 19.8 Å². The highest BCUT2D eigenvalue weighted by molar-refractivity contribution is 5.88. The van der Waals surface area contributed by atoms with Gasteiger partial charge in [-0.25, -0.2) is 0 Å². The maximum Gasteiger partial charge on any atom is 0.226 e. The summed E-state index contributed by atoms with van der Waals surface area (Å²) in [7, 11) is 0. The molecule has 0 aliphatic carbocycles. The molecule has 1 saturated heterocycles. The second-order valence-corrected chi connectivity index (χ2v) is 14.1. The molecule has 5 atom stereocenters. The SMILES string of the molecule is CCc1ccc(Cc2cccc3cc4c(cc23)[C@]2(OC4)O[C@H](COCc3ccccc3)[C@@H](O)[C@H](OCc3ccccc3)[C@H]2OCc2ccccc2)cc1. The lowest BCUT2D eigenvalue weighted by molar-refractivity contribution is -0.383. The van der Waals surface area contributed by atoms with Crippen molar-refractivity contribution < 1.29 is 28.8 Å². The molecule has 0 radical (unpaired) electrons. The number of aryl methyl sites for hydroxylation is 1. The Bertz CT molecular complexity index is 2090. The Morgan fingerprint density at radius 1 is 0.660 bits per heavy atom. The average molecular weight is 707 g/mol. The highest BCUT2D eigenvalue weighted by Gasteiger charge is 2.60. The summed E-state index contributed by atoms with van der Waals surface area (Å²) in [6.45, 7) is 3.60. The highest BCUT2D eigenvalue weighted by Crippen LogP contribution is 2.49. The summed E-state index contributed by atoms with van der Waals surface area (Å²) in [5.74, 6) is -1.37. The van der Waals surface area contributed by atoms with Crippen LogP contribution in [-0.4, -0.2) is 36.1 Å². The minimum atomic E-state index is -1.37. The number of aliphatic hydroxyl groups is 1. The van der Waals surface area contributed by atoms with Gasteiger partial charge in [-0.2, -0.15) is 0 Å². The first-order valence-corrected chi connectivity index (χ1v) is 18.6. The zero-order valence-electron chi connectivity index (χ0n) is 30.1. The molecule has 1 spiro atoms. The second kappa shape index (κ2) is 16.1. The van der Waals surface area contributed by atoms with Crippen molar-refractivity contribution in [1.29, 1.82) is 0 Å². The number of fused-ring (bicyclic) bond motifs is 3. The molecule has 6 nitrogen and oxygen atoms in total. The predicted octanol–water partition coefficient (Wildman–Crippen LogP) is 8.82. The fourth-order valence-electron chi connectivity index (χ4n) is 7.63. The van der Waals surface area contributed by atoms with Gasteiger partial charge >= 0.3 is 0 Å². The molecular weight excluding hydrogens is 661 g/mol. The van der Waals surface area contributed by atoms with Crippen molar-refractivity contribution in [2.75, 3.05) is 6.61 Å². The maximum absolute atomic E-state index is 12.1. The molecule has 0 unspecified atom stereocenters. The summed E-state index contributed by atoms with van der Waals surface area (Å²) in [6.07, 6.45) is -1.62. The smallest absolute Gasteiger partial charge is 0.226 e. The molecular formula is C47H46O6. The van der Waals surface area contributed by atoms with Gasteiger partial charge in [0.15, 0.2) is 0 Å². The third kappa shape index (κ3) is 7.71. The summed E-state index contributed by atoms with van der Waals surface area (Å²) in [4.78, 5) is 0. The molecule has 2 aliphatic heterocycles. The van der Waals surface area contributed by atoms with E-state index in [4.69, 9.17) is 23.7 Å². The predicted molar refractivity (Wildman–Crippen MR) is 206 cm³/mol. The highest BCUT2D eigenvalue weighted by atomic mass is 16.7. The van der Waals surface area contributed by atoms with Crippen LogP contribution in [0, 0.1) is 0 Å². The molecule has 0 saturated carbocycles. The summed E-state index contributed by atoms with van der Waals surface area (Å²) in [6, 6.07) is 49.9. The van der Waals surface area contributed by atoms with Gasteiger partial charge in [-0.05, 0) is 74.7 Å². The molecule has 53 heavy (non-hydrogen) atoms. The van der Waals surface area contributed by atoms with E-state index in [1.807, 2.05) is 91.0 Å². The van der Waals surface area contributed by atoms with E-state index in [9.17, 15) is 5.11 Å². The third-order valence-electron chi connectivity index (χ3n) is 10.5. The summed E-state index contributed by atoms with van der Waals surface area (Å²) in [5.41, 5.74) is 8.76. The summed E-state index contributed by atoms with van der Waals surface area (Å²) >= 11 is 0. The molecule has 0 amide bonds. The molecule has 6 heteroatoms. The Labute approximate surface area is 311 Å². The minimum Gasteiger partial charge on any atom is -0.387 e. The topological polar surface area (TPSA) is 66.4 Å². The Kier molecular flexibility index (Phi) is 10.8. The van der Waals surface area contributed by atoms with Crippen LogP contribution in [0.15, 0.2) is 146 Å². The standard InChI is InChI=1S/C47H46O6/c1-2-33-21-23-34(24-22-33)25-38-19-12-20-39-26-40-31-52-47(42(40)27-41(38)39)46(51-30-37-17-10-5-11-18-37)45(50-29-36-15-8-4-9-16-36)44(48)43(53-47)32-49-28-35-13-6-3-7-14-35/h3-24,26-27,43-46,48H,2,25,28-32H2,1H3/t43-,44-,45+,46-,47+/m1/s1. The first-order valence-electron chi connectivity index (χ1n) is 18.6. The second-order valence-electron chi connectivity index (χ2n) is 14.1. The molecule has 2 aliphatic rings. The van der Waals surface area contributed by atoms with E-state index < -0.39 is 30.2 Å². The first kappa shape index (κ1) is 35.4. The van der Waals surface area contributed by atoms with Crippen molar-refractivity contribution in [2.24, 2.45) is 0 Å². The van der Waals surface area contributed by atoms with Crippen molar-refractivity contribution in [3.05, 3.63) is 190 Å². The van der Waals surface area contributed by atoms with Crippen LogP contribution in [-0.2, 0) is 68.7 Å². The van der Waals surface area contributed by atoms with E-state index in [1.54, 1.807) is 0 Å². The van der Waals surface area contributed by atoms with Crippen LogP contribution in [0.4, 0.5) is 0 Å². The fraction of sp³-hybridized carbons (Fsp3) is 0.277. The van der Waals surface area contributed by atoms with E-state index >= 15 is 0 Å². The van der Waals surface area contributed by atoms with E-state index in [0.29, 0.717) is 13.2 Å². The van der Waals surface area contributed by atoms with E-state index in [0.717, 1.165) is 51.4 Å². The van der Waals surface area contributed by atoms with Crippen molar-refractivity contribution >= 4 is 10.8 Å². The van der Waals surface area contributed by atoms with Crippen LogP contribution >= 0.6 is 0 Å². The minimum absolute atomic E-state index is 0.139. The lowest BCUT2D eigenvalue weighted by atomic mass is 9.85. The van der Waals surface area contributed by atoms with Gasteiger partial charge in [-0.3, -0.25) is 0 Å². The zero-order valence-corrected chi connectivity index (χ0v) is 30.1. The average Bonchev–Trinajstić information content (AvgIpc) is 3.55. The van der Waals surface area contributed by atoms with Crippen molar-refractivity contribution in [3.8, 4) is 0 Å². The van der Waals surface area contributed by atoms with Crippen LogP contribution in [0.25, 0.3) is 10.8 Å². The first-order chi connectivity index (χ1) is 26.1. The van der Waals surface area contributed by atoms with Crippen LogP contribution in [0.5, 0.6) is 0 Å². The van der Waals surface area contributed by atoms with E-state index in [2.05, 4.69) is 61.5 Å². The van der Waals surface area contributed by atoms with Crippen LogP contribution in [0.2, 0.25) is 0 Å². The van der Waals surface area contributed by atoms with Gasteiger partial charge in [0, 0.05) is 5.56 Å². The van der Waals surface area contributed by atoms with Gasteiger partial charge in [0.1, 0.15) is 24.4 Å². The number of aliphatic hydroxyl groups excluding tert-OH is 1. The largest absolute Gasteiger partial charge is 0.387 e. The zero-order chi connectivity index (χ0) is 36.0. The van der Waals surface area contributed by atoms with Gasteiger partial charge in [0.2, 0.25) is 5.79 Å². The summed E-state index contributed by atoms with van der Waals surface area (Å²) in [5, 5.41) is 14.4. The molecule has 2 heterocycles. The fourth-order valence-corrected chi connectivity index (χ4v) is 7.63. The Morgan fingerprint density at radius 3 is 1.94 bits per heavy atom. The van der Waals surface area contributed by atoms with Crippen LogP contribution < -0.4 is 0 Å². The normalized spacial score (nSPS) is 22.3. The van der Waals surface area contributed by atoms with Gasteiger partial charge in [-0.15, -0.1) is 0 Å². The molecule has 1 fully saturated rings. The monoisotopic (exact) mass is 706 g/mol. The van der Waals surface area contributed by atoms with E-state index in [1.165, 1.54) is 16.7 Å². The lowest BCUT2D eigenvalue weighted by Gasteiger charge is -2.49. The van der Waals surface area contributed by atoms with Crippen LogP contribution in [0.3, 0.4) is 0 Å². The van der Waals surface area contributed by atoms with Gasteiger partial charge < -0.3 is 28.8 Å². The molecule has 6 aromatic carbocycles. The number of rotatable bonds is 13. The Hall–Kier alpha value is -4.66. The molecule has 1 N–H and O–H groups in total. The number of hydrogen-bond donors (Lipinski definition) is 1. The Morgan fingerprint density at radius 2 is 1.28 bits per heavy atom. The number of hydrogen-bond acceptors (Lipinski definition) is 6. The third-order valence-corrected chi connectivity index (χ3v) is 10.5. The van der Waals surface area contributed by atoms with Crippen LogP contribution in [0.1, 0.15) is 51.4 Å². The van der Waals surface area contributed by atoms with Gasteiger partial charge in [0.25, 0.3) is 0 Å². The van der Waals surface area contributed by atoms with Gasteiger partial charge in [0.05, 0.1) is 33.0 Å². The van der Waals surface area contributed by atoms with Crippen molar-refractivity contribution in [2.45, 2.75) is 76.4 Å². The van der Waals surface area contributed by atoms with Crippen molar-refractivity contribution in [3.63, 3.8) is 0 Å². The lowest BCUT2D eigenvalue weighted by Crippen LogP contribution is -2.65. The number of ether oxygens (including phenoxy) is 5. The quantitative estimate of drug-likeness (QED) is 0.130. The molecule has 270 valence electrons. The molecule has 0 bridgehead atoms. The molecule has 0 aromatic heterocycles. The summed E-state index contributed by atoms with van der Waals surface area (Å²) < 4.78 is 33.6. The molecule has 8 rings (SSSR count). The van der Waals surface area contributed by atoms with Gasteiger partial charge in [-0.1, -0.05) is 140 Å². The van der Waals surface area contributed by atoms with Crippen molar-refractivity contribution in [1.82, 2.24) is 0 Å². The Balaban J connectivity index is 1.19.